The minimum atomic E-state index is -0.125. The largest absolute Gasteiger partial charge is 0.512 e. The van der Waals surface area contributed by atoms with E-state index in [1.807, 2.05) is 6.20 Å². The minimum absolute atomic E-state index is 0. The molecule has 0 amide bonds. The standard InChI is InChI=1S/C18H16N.C5H8O2.Ir/c1-12-8-9-13(2)17(10-12)18-16-7-5-4-6-15(16)14(3)11-19-18;1-4(6)3-5(2)7;/h4-9,11H,1-3H3;3,6H,1-2H3;/q-1;;/b;4-3-;. The van der Waals surface area contributed by atoms with E-state index in [0.717, 1.165) is 16.8 Å². The third-order valence-corrected chi connectivity index (χ3v) is 3.94. The number of fused-ring (bicyclic) bond motifs is 1. The minimum Gasteiger partial charge on any atom is -0.512 e. The van der Waals surface area contributed by atoms with Gasteiger partial charge in [-0.05, 0) is 42.8 Å². The van der Waals surface area contributed by atoms with Crippen LogP contribution in [0.5, 0.6) is 0 Å². The smallest absolute Gasteiger partial charge is 0.155 e. The van der Waals surface area contributed by atoms with Crippen LogP contribution in [-0.2, 0) is 24.9 Å². The maximum Gasteiger partial charge on any atom is 0.155 e. The second-order valence-electron chi connectivity index (χ2n) is 6.43. The molecule has 1 N–H and O–H groups in total. The van der Waals surface area contributed by atoms with Crippen molar-refractivity contribution in [3.8, 4) is 11.3 Å². The molecule has 4 heteroatoms. The van der Waals surface area contributed by atoms with Gasteiger partial charge in [-0.3, -0.25) is 4.79 Å². The van der Waals surface area contributed by atoms with Gasteiger partial charge in [-0.15, -0.1) is 34.9 Å². The average Bonchev–Trinajstić information content (AvgIpc) is 2.57. The molecule has 0 aliphatic carbocycles. The van der Waals surface area contributed by atoms with Gasteiger partial charge in [-0.25, -0.2) is 0 Å². The van der Waals surface area contributed by atoms with E-state index in [9.17, 15) is 4.79 Å². The van der Waals surface area contributed by atoms with Crippen molar-refractivity contribution in [2.24, 2.45) is 0 Å². The zero-order valence-electron chi connectivity index (χ0n) is 16.3. The molecule has 0 saturated carbocycles. The first-order valence-corrected chi connectivity index (χ1v) is 8.51. The SMILES string of the molecule is CC(=O)/C=C(/C)O.Cc1[c-]c(-c2ncc(C)c3ccccc23)c(C)cc1.[Ir]. The molecule has 0 aliphatic rings. The third kappa shape index (κ3) is 6.13. The summed E-state index contributed by atoms with van der Waals surface area (Å²) < 4.78 is 0. The molecule has 1 aromatic heterocycles. The number of carbonyl (C=O) groups excluding carboxylic acids is 1. The molecule has 0 atom stereocenters. The van der Waals surface area contributed by atoms with Crippen molar-refractivity contribution >= 4 is 16.6 Å². The summed E-state index contributed by atoms with van der Waals surface area (Å²) in [5.41, 5.74) is 5.71. The van der Waals surface area contributed by atoms with Crippen molar-refractivity contribution in [2.75, 3.05) is 0 Å². The summed E-state index contributed by atoms with van der Waals surface area (Å²) in [6.07, 6.45) is 3.12. The maximum absolute atomic E-state index is 10.0. The molecule has 1 heterocycles. The number of rotatable bonds is 2. The molecule has 0 aliphatic heterocycles. The van der Waals surface area contributed by atoms with Crippen molar-refractivity contribution in [3.05, 3.63) is 77.2 Å². The van der Waals surface area contributed by atoms with Crippen molar-refractivity contribution in [2.45, 2.75) is 34.6 Å². The van der Waals surface area contributed by atoms with Gasteiger partial charge in [0.05, 0.1) is 5.76 Å². The number of pyridine rings is 1. The Hall–Kier alpha value is -2.29. The molecule has 3 aromatic rings. The predicted molar refractivity (Wildman–Crippen MR) is 107 cm³/mol. The molecule has 27 heavy (non-hydrogen) atoms. The van der Waals surface area contributed by atoms with E-state index in [1.165, 1.54) is 41.8 Å². The van der Waals surface area contributed by atoms with Gasteiger partial charge >= 0.3 is 0 Å². The van der Waals surface area contributed by atoms with Gasteiger partial charge in [0.2, 0.25) is 0 Å². The summed E-state index contributed by atoms with van der Waals surface area (Å²) in [6, 6.07) is 16.1. The first-order chi connectivity index (χ1) is 12.3. The summed E-state index contributed by atoms with van der Waals surface area (Å²) in [5.74, 6) is -0.0625. The van der Waals surface area contributed by atoms with Crippen LogP contribution in [0.25, 0.3) is 22.0 Å². The summed E-state index contributed by atoms with van der Waals surface area (Å²) in [7, 11) is 0. The Morgan fingerprint density at radius 2 is 1.63 bits per heavy atom. The van der Waals surface area contributed by atoms with E-state index in [4.69, 9.17) is 5.11 Å². The van der Waals surface area contributed by atoms with Crippen LogP contribution in [-0.4, -0.2) is 15.9 Å². The van der Waals surface area contributed by atoms with Crippen molar-refractivity contribution in [3.63, 3.8) is 0 Å². The van der Waals surface area contributed by atoms with E-state index in [1.54, 1.807) is 0 Å². The first-order valence-electron chi connectivity index (χ1n) is 8.51. The molecule has 0 unspecified atom stereocenters. The second kappa shape index (κ2) is 10.1. The number of carbonyl (C=O) groups is 1. The fourth-order valence-corrected chi connectivity index (χ4v) is 2.74. The number of aliphatic hydroxyl groups is 1. The summed E-state index contributed by atoms with van der Waals surface area (Å²) in [5, 5.41) is 10.8. The number of aromatic nitrogens is 1. The normalized spacial score (nSPS) is 10.6. The van der Waals surface area contributed by atoms with E-state index < -0.39 is 0 Å². The number of aryl methyl sites for hydroxylation is 3. The fraction of sp³-hybridized carbons (Fsp3) is 0.217. The van der Waals surface area contributed by atoms with Gasteiger partial charge in [0.1, 0.15) is 0 Å². The Morgan fingerprint density at radius 3 is 2.19 bits per heavy atom. The fourth-order valence-electron chi connectivity index (χ4n) is 2.74. The van der Waals surface area contributed by atoms with Crippen LogP contribution in [0, 0.1) is 26.8 Å². The molecule has 3 rings (SSSR count). The number of hydrogen-bond donors (Lipinski definition) is 1. The zero-order chi connectivity index (χ0) is 19.3. The van der Waals surface area contributed by atoms with Crippen molar-refractivity contribution < 1.29 is 30.0 Å². The molecule has 0 spiro atoms. The van der Waals surface area contributed by atoms with Gasteiger partial charge in [0.15, 0.2) is 5.78 Å². The second-order valence-corrected chi connectivity index (χ2v) is 6.43. The van der Waals surface area contributed by atoms with Gasteiger partial charge in [-0.2, -0.15) is 0 Å². The molecular formula is C23H24IrNO2-. The van der Waals surface area contributed by atoms with Gasteiger partial charge in [0.25, 0.3) is 0 Å². The molecule has 0 bridgehead atoms. The van der Waals surface area contributed by atoms with Crippen LogP contribution in [0.15, 0.2) is 54.4 Å². The quantitative estimate of drug-likeness (QED) is 0.260. The number of ketones is 1. The van der Waals surface area contributed by atoms with Crippen LogP contribution in [0.3, 0.4) is 0 Å². The molecule has 3 nitrogen and oxygen atoms in total. The van der Waals surface area contributed by atoms with Crippen LogP contribution in [0.1, 0.15) is 30.5 Å². The average molecular weight is 539 g/mol. The topological polar surface area (TPSA) is 50.2 Å². The molecule has 143 valence electrons. The van der Waals surface area contributed by atoms with Crippen molar-refractivity contribution in [1.82, 2.24) is 4.98 Å². The molecule has 0 fully saturated rings. The molecule has 0 saturated heterocycles. The van der Waals surface area contributed by atoms with Crippen LogP contribution in [0.4, 0.5) is 0 Å². The monoisotopic (exact) mass is 539 g/mol. The Labute approximate surface area is 174 Å². The number of nitrogens with zero attached hydrogens (tertiary/aromatic N) is 1. The summed E-state index contributed by atoms with van der Waals surface area (Å²) in [4.78, 5) is 14.7. The van der Waals surface area contributed by atoms with E-state index >= 15 is 0 Å². The number of benzene rings is 2. The molecular weight excluding hydrogens is 514 g/mol. The predicted octanol–water partition coefficient (Wildman–Crippen LogP) is 5.66. The van der Waals surface area contributed by atoms with Crippen LogP contribution in [0.2, 0.25) is 0 Å². The maximum atomic E-state index is 10.0. The molecule has 1 radical (unpaired) electrons. The Kier molecular flexibility index (Phi) is 8.55. The third-order valence-electron chi connectivity index (χ3n) is 3.94. The van der Waals surface area contributed by atoms with E-state index in [0.29, 0.717) is 0 Å². The zero-order valence-corrected chi connectivity index (χ0v) is 18.6. The Morgan fingerprint density at radius 1 is 1.00 bits per heavy atom. The van der Waals surface area contributed by atoms with Crippen LogP contribution >= 0.6 is 0 Å². The Balaban J connectivity index is 0.000000395. The summed E-state index contributed by atoms with van der Waals surface area (Å²) in [6.45, 7) is 9.13. The van der Waals surface area contributed by atoms with Gasteiger partial charge in [0, 0.05) is 32.4 Å². The van der Waals surface area contributed by atoms with Gasteiger partial charge in [-0.1, -0.05) is 38.1 Å². The number of aliphatic hydroxyl groups excluding tert-OH is 1. The van der Waals surface area contributed by atoms with Gasteiger partial charge < -0.3 is 10.1 Å². The molecule has 2 aromatic carbocycles. The van der Waals surface area contributed by atoms with E-state index in [2.05, 4.69) is 68.2 Å². The number of hydrogen-bond acceptors (Lipinski definition) is 3. The van der Waals surface area contributed by atoms with Crippen LogP contribution < -0.4 is 0 Å². The first kappa shape index (κ1) is 22.7. The Bertz CT molecular complexity index is 973. The summed E-state index contributed by atoms with van der Waals surface area (Å²) >= 11 is 0. The number of allylic oxidation sites excluding steroid dienone is 2. The van der Waals surface area contributed by atoms with E-state index in [-0.39, 0.29) is 31.6 Å². The van der Waals surface area contributed by atoms with Crippen molar-refractivity contribution in [1.29, 1.82) is 0 Å².